The van der Waals surface area contributed by atoms with Crippen LogP contribution in [0.2, 0.25) is 0 Å². The average molecular weight is 211 g/mol. The van der Waals surface area contributed by atoms with Crippen molar-refractivity contribution in [1.82, 2.24) is 5.32 Å². The molecule has 1 nitrogen and oxygen atoms in total. The number of hydrogen-bond acceptors (Lipinski definition) is 1. The van der Waals surface area contributed by atoms with E-state index < -0.39 is 0 Å². The molecule has 16 heavy (non-hydrogen) atoms. The molecule has 0 bridgehead atoms. The number of nitrogens with one attached hydrogen (secondary N) is 1. The van der Waals surface area contributed by atoms with E-state index in [-0.39, 0.29) is 0 Å². The highest BCUT2D eigenvalue weighted by Crippen LogP contribution is 2.29. The van der Waals surface area contributed by atoms with E-state index in [9.17, 15) is 0 Å². The molecule has 1 aliphatic carbocycles. The maximum absolute atomic E-state index is 3.61. The second kappa shape index (κ2) is 3.91. The third-order valence-corrected chi connectivity index (χ3v) is 3.54. The van der Waals surface area contributed by atoms with Gasteiger partial charge in [-0.05, 0) is 28.7 Å². The van der Waals surface area contributed by atoms with Crippen molar-refractivity contribution in [1.29, 1.82) is 0 Å². The smallest absolute Gasteiger partial charge is 0.0214 e. The summed E-state index contributed by atoms with van der Waals surface area (Å²) < 4.78 is 0. The number of hydrogen-bond donors (Lipinski definition) is 1. The summed E-state index contributed by atoms with van der Waals surface area (Å²) in [6, 6.07) is 15.9. The standard InChI is InChI=1S/C15H17N/c1-11-9-15(11)16-10-13-7-4-6-12-5-2-3-8-14(12)13/h2-8,11,15-16H,9-10H2,1H3. The molecule has 0 heterocycles. The van der Waals surface area contributed by atoms with Crippen LogP contribution in [-0.4, -0.2) is 6.04 Å². The first-order valence-corrected chi connectivity index (χ1v) is 6.04. The molecule has 2 aromatic carbocycles. The zero-order valence-corrected chi connectivity index (χ0v) is 9.61. The lowest BCUT2D eigenvalue weighted by molar-refractivity contribution is 0.655. The van der Waals surface area contributed by atoms with Crippen LogP contribution >= 0.6 is 0 Å². The Balaban J connectivity index is 1.85. The molecule has 0 aromatic heterocycles. The Hall–Kier alpha value is -1.34. The van der Waals surface area contributed by atoms with E-state index in [1.807, 2.05) is 0 Å². The molecule has 1 heteroatoms. The van der Waals surface area contributed by atoms with Crippen LogP contribution in [0, 0.1) is 5.92 Å². The van der Waals surface area contributed by atoms with Gasteiger partial charge in [-0.15, -0.1) is 0 Å². The van der Waals surface area contributed by atoms with Crippen molar-refractivity contribution in [2.24, 2.45) is 5.92 Å². The maximum Gasteiger partial charge on any atom is 0.0214 e. The molecule has 0 saturated heterocycles. The van der Waals surface area contributed by atoms with Gasteiger partial charge in [0.2, 0.25) is 0 Å². The van der Waals surface area contributed by atoms with Crippen LogP contribution in [0.25, 0.3) is 10.8 Å². The fraction of sp³-hybridized carbons (Fsp3) is 0.333. The van der Waals surface area contributed by atoms with Crippen molar-refractivity contribution in [2.75, 3.05) is 0 Å². The van der Waals surface area contributed by atoms with Crippen LogP contribution in [0.3, 0.4) is 0 Å². The first-order valence-electron chi connectivity index (χ1n) is 6.04. The Morgan fingerprint density at radius 2 is 1.88 bits per heavy atom. The van der Waals surface area contributed by atoms with Crippen molar-refractivity contribution in [3.05, 3.63) is 48.0 Å². The summed E-state index contributed by atoms with van der Waals surface area (Å²) in [5.41, 5.74) is 1.41. The molecule has 2 atom stereocenters. The molecule has 0 amide bonds. The number of benzene rings is 2. The normalized spacial score (nSPS) is 23.6. The van der Waals surface area contributed by atoms with Gasteiger partial charge < -0.3 is 5.32 Å². The van der Waals surface area contributed by atoms with Crippen LogP contribution in [0.1, 0.15) is 18.9 Å². The van der Waals surface area contributed by atoms with Crippen molar-refractivity contribution in [3.63, 3.8) is 0 Å². The second-order valence-corrected chi connectivity index (χ2v) is 4.84. The molecular weight excluding hydrogens is 194 g/mol. The highest BCUT2D eigenvalue weighted by molar-refractivity contribution is 5.85. The summed E-state index contributed by atoms with van der Waals surface area (Å²) in [7, 11) is 0. The molecule has 1 aliphatic rings. The molecule has 1 saturated carbocycles. The van der Waals surface area contributed by atoms with Crippen molar-refractivity contribution in [2.45, 2.75) is 25.9 Å². The van der Waals surface area contributed by atoms with E-state index >= 15 is 0 Å². The van der Waals surface area contributed by atoms with Gasteiger partial charge in [-0.1, -0.05) is 49.4 Å². The lowest BCUT2D eigenvalue weighted by Crippen LogP contribution is -2.17. The summed E-state index contributed by atoms with van der Waals surface area (Å²) in [5, 5.41) is 6.33. The molecule has 3 rings (SSSR count). The first-order chi connectivity index (χ1) is 7.84. The zero-order chi connectivity index (χ0) is 11.0. The summed E-state index contributed by atoms with van der Waals surface area (Å²) in [4.78, 5) is 0. The van der Waals surface area contributed by atoms with Crippen LogP contribution in [0.5, 0.6) is 0 Å². The van der Waals surface area contributed by atoms with Gasteiger partial charge in [0.25, 0.3) is 0 Å². The van der Waals surface area contributed by atoms with E-state index in [2.05, 4.69) is 54.7 Å². The lowest BCUT2D eigenvalue weighted by atomic mass is 10.0. The summed E-state index contributed by atoms with van der Waals surface area (Å²) in [5.74, 6) is 0.870. The SMILES string of the molecule is CC1CC1NCc1cccc2ccccc12. The monoisotopic (exact) mass is 211 g/mol. The topological polar surface area (TPSA) is 12.0 Å². The Morgan fingerprint density at radius 3 is 2.69 bits per heavy atom. The summed E-state index contributed by atoms with van der Waals surface area (Å²) in [6.07, 6.45) is 1.34. The quantitative estimate of drug-likeness (QED) is 0.821. The van der Waals surface area contributed by atoms with Crippen LogP contribution < -0.4 is 5.32 Å². The molecule has 0 spiro atoms. The minimum absolute atomic E-state index is 0.749. The molecular formula is C15H17N. The fourth-order valence-electron chi connectivity index (χ4n) is 2.29. The summed E-state index contributed by atoms with van der Waals surface area (Å²) >= 11 is 0. The third kappa shape index (κ3) is 1.83. The Labute approximate surface area is 96.5 Å². The van der Waals surface area contributed by atoms with Gasteiger partial charge in [0, 0.05) is 12.6 Å². The largest absolute Gasteiger partial charge is 0.310 e. The van der Waals surface area contributed by atoms with Crippen LogP contribution in [0.15, 0.2) is 42.5 Å². The van der Waals surface area contributed by atoms with Gasteiger partial charge in [-0.25, -0.2) is 0 Å². The minimum atomic E-state index is 0.749. The van der Waals surface area contributed by atoms with E-state index in [0.717, 1.165) is 18.5 Å². The van der Waals surface area contributed by atoms with Gasteiger partial charge in [0.15, 0.2) is 0 Å². The Bertz CT molecular complexity index is 498. The fourth-order valence-corrected chi connectivity index (χ4v) is 2.29. The summed E-state index contributed by atoms with van der Waals surface area (Å²) in [6.45, 7) is 3.30. The molecule has 1 N–H and O–H groups in total. The van der Waals surface area contributed by atoms with E-state index in [1.54, 1.807) is 0 Å². The van der Waals surface area contributed by atoms with E-state index in [1.165, 1.54) is 22.8 Å². The van der Waals surface area contributed by atoms with Gasteiger partial charge in [-0.2, -0.15) is 0 Å². The Kier molecular flexibility index (Phi) is 2.41. The van der Waals surface area contributed by atoms with Gasteiger partial charge in [-0.3, -0.25) is 0 Å². The van der Waals surface area contributed by atoms with E-state index in [4.69, 9.17) is 0 Å². The predicted molar refractivity (Wildman–Crippen MR) is 68.4 cm³/mol. The van der Waals surface area contributed by atoms with Crippen LogP contribution in [0.4, 0.5) is 0 Å². The highest BCUT2D eigenvalue weighted by atomic mass is 15.0. The van der Waals surface area contributed by atoms with Crippen molar-refractivity contribution in [3.8, 4) is 0 Å². The molecule has 0 aliphatic heterocycles. The van der Waals surface area contributed by atoms with Gasteiger partial charge in [0.1, 0.15) is 0 Å². The molecule has 2 unspecified atom stereocenters. The zero-order valence-electron chi connectivity index (χ0n) is 9.61. The molecule has 0 radical (unpaired) electrons. The van der Waals surface area contributed by atoms with Gasteiger partial charge >= 0.3 is 0 Å². The molecule has 1 fully saturated rings. The number of fused-ring (bicyclic) bond motifs is 1. The molecule has 2 aromatic rings. The average Bonchev–Trinajstić information content (AvgIpc) is 3.03. The van der Waals surface area contributed by atoms with Crippen molar-refractivity contribution < 1.29 is 0 Å². The third-order valence-electron chi connectivity index (χ3n) is 3.54. The van der Waals surface area contributed by atoms with Gasteiger partial charge in [0.05, 0.1) is 0 Å². The minimum Gasteiger partial charge on any atom is -0.310 e. The van der Waals surface area contributed by atoms with Crippen molar-refractivity contribution >= 4 is 10.8 Å². The molecule has 82 valence electrons. The van der Waals surface area contributed by atoms with E-state index in [0.29, 0.717) is 0 Å². The maximum atomic E-state index is 3.61. The first kappa shape index (κ1) is 9.86. The van der Waals surface area contributed by atoms with Crippen LogP contribution in [-0.2, 0) is 6.54 Å². The second-order valence-electron chi connectivity index (χ2n) is 4.84. The number of rotatable bonds is 3. The predicted octanol–water partition coefficient (Wildman–Crippen LogP) is 3.34. The Morgan fingerprint density at radius 1 is 1.12 bits per heavy atom. The lowest BCUT2D eigenvalue weighted by Gasteiger charge is -2.07. The highest BCUT2D eigenvalue weighted by Gasteiger charge is 2.31.